The van der Waals surface area contributed by atoms with Crippen LogP contribution in [-0.2, 0) is 16.0 Å². The summed E-state index contributed by atoms with van der Waals surface area (Å²) in [5.74, 6) is -1.42. The molecular formula is C24H20NO4-. The van der Waals surface area contributed by atoms with Gasteiger partial charge in [-0.25, -0.2) is 4.79 Å². The average Bonchev–Trinajstić information content (AvgIpc) is 3.06. The van der Waals surface area contributed by atoms with Crippen molar-refractivity contribution in [2.24, 2.45) is 0 Å². The Bertz CT molecular complexity index is 986. The quantitative estimate of drug-likeness (QED) is 0.707. The Labute approximate surface area is 169 Å². The molecule has 4 rings (SSSR count). The summed E-state index contributed by atoms with van der Waals surface area (Å²) >= 11 is 0. The number of carboxylic acids is 1. The van der Waals surface area contributed by atoms with Gasteiger partial charge in [0.15, 0.2) is 0 Å². The summed E-state index contributed by atoms with van der Waals surface area (Å²) in [6.45, 7) is 0.130. The molecule has 29 heavy (non-hydrogen) atoms. The van der Waals surface area contributed by atoms with E-state index in [1.807, 2.05) is 54.6 Å². The van der Waals surface area contributed by atoms with Crippen molar-refractivity contribution >= 4 is 12.1 Å². The normalized spacial score (nSPS) is 13.2. The van der Waals surface area contributed by atoms with Gasteiger partial charge >= 0.3 is 6.09 Å². The van der Waals surface area contributed by atoms with Crippen molar-refractivity contribution in [2.45, 2.75) is 18.4 Å². The van der Waals surface area contributed by atoms with E-state index in [9.17, 15) is 14.7 Å². The van der Waals surface area contributed by atoms with E-state index in [2.05, 4.69) is 17.4 Å². The van der Waals surface area contributed by atoms with Crippen LogP contribution in [0.15, 0.2) is 78.9 Å². The third-order valence-corrected chi connectivity index (χ3v) is 5.20. The minimum atomic E-state index is -1.35. The Balaban J connectivity index is 1.43. The highest BCUT2D eigenvalue weighted by molar-refractivity contribution is 5.80. The first-order chi connectivity index (χ1) is 14.1. The molecule has 0 aromatic heterocycles. The van der Waals surface area contributed by atoms with Crippen LogP contribution in [0.2, 0.25) is 0 Å². The third kappa shape index (κ3) is 3.99. The van der Waals surface area contributed by atoms with Gasteiger partial charge in [-0.1, -0.05) is 78.9 Å². The van der Waals surface area contributed by atoms with Crippen LogP contribution in [0.1, 0.15) is 22.6 Å². The lowest BCUT2D eigenvalue weighted by Crippen LogP contribution is -2.49. The molecule has 1 amide bonds. The topological polar surface area (TPSA) is 78.5 Å². The lowest BCUT2D eigenvalue weighted by molar-refractivity contribution is -0.308. The molecule has 1 atom stereocenters. The first kappa shape index (κ1) is 18.7. The summed E-state index contributed by atoms with van der Waals surface area (Å²) in [6, 6.07) is 24.0. The number of ether oxygens (including phenoxy) is 1. The maximum atomic E-state index is 12.3. The molecule has 0 spiro atoms. The molecule has 3 aromatic rings. The zero-order valence-corrected chi connectivity index (χ0v) is 15.7. The van der Waals surface area contributed by atoms with Gasteiger partial charge in [-0.3, -0.25) is 0 Å². The fraction of sp³-hybridized carbons (Fsp3) is 0.167. The van der Waals surface area contributed by atoms with E-state index in [1.54, 1.807) is 12.1 Å². The van der Waals surface area contributed by atoms with Crippen LogP contribution in [0.5, 0.6) is 0 Å². The zero-order chi connectivity index (χ0) is 20.2. The van der Waals surface area contributed by atoms with Gasteiger partial charge in [0.1, 0.15) is 6.61 Å². The van der Waals surface area contributed by atoms with Crippen molar-refractivity contribution in [1.29, 1.82) is 0 Å². The van der Waals surface area contributed by atoms with E-state index in [4.69, 9.17) is 4.74 Å². The molecule has 1 N–H and O–H groups in total. The summed E-state index contributed by atoms with van der Waals surface area (Å²) in [7, 11) is 0. The van der Waals surface area contributed by atoms with Crippen LogP contribution in [0, 0.1) is 0 Å². The molecule has 5 nitrogen and oxygen atoms in total. The van der Waals surface area contributed by atoms with E-state index in [1.165, 1.54) is 0 Å². The summed E-state index contributed by atoms with van der Waals surface area (Å²) in [5.41, 5.74) is 5.26. The Morgan fingerprint density at radius 3 is 2.00 bits per heavy atom. The SMILES string of the molecule is O=C(NC(Cc1ccccc1)C(=O)[O-])OCC1c2ccccc2-c2ccccc21. The summed E-state index contributed by atoms with van der Waals surface area (Å²) < 4.78 is 5.42. The monoisotopic (exact) mass is 386 g/mol. The summed E-state index contributed by atoms with van der Waals surface area (Å²) in [5, 5.41) is 13.9. The number of carboxylic acid groups (broad SMARTS) is 1. The third-order valence-electron chi connectivity index (χ3n) is 5.20. The molecular weight excluding hydrogens is 366 g/mol. The van der Waals surface area contributed by atoms with Gasteiger partial charge in [-0.05, 0) is 34.2 Å². The summed E-state index contributed by atoms with van der Waals surface area (Å²) in [6.07, 6.45) is -0.634. The second-order valence-electron chi connectivity index (χ2n) is 7.03. The molecule has 0 bridgehead atoms. The number of rotatable bonds is 6. The highest BCUT2D eigenvalue weighted by atomic mass is 16.5. The molecule has 0 saturated heterocycles. The second kappa shape index (κ2) is 8.19. The van der Waals surface area contributed by atoms with Crippen molar-refractivity contribution in [1.82, 2.24) is 5.32 Å². The lowest BCUT2D eigenvalue weighted by Gasteiger charge is -2.21. The summed E-state index contributed by atoms with van der Waals surface area (Å²) in [4.78, 5) is 23.8. The highest BCUT2D eigenvalue weighted by Crippen LogP contribution is 2.44. The average molecular weight is 386 g/mol. The molecule has 0 radical (unpaired) electrons. The van der Waals surface area contributed by atoms with Gasteiger partial charge < -0.3 is 20.0 Å². The molecule has 0 fully saturated rings. The zero-order valence-electron chi connectivity index (χ0n) is 15.7. The van der Waals surface area contributed by atoms with Gasteiger partial charge in [0.2, 0.25) is 0 Å². The number of alkyl carbamates (subject to hydrolysis) is 1. The predicted molar refractivity (Wildman–Crippen MR) is 107 cm³/mol. The molecule has 0 aliphatic heterocycles. The van der Waals surface area contributed by atoms with E-state index >= 15 is 0 Å². The van der Waals surface area contributed by atoms with E-state index in [0.29, 0.717) is 0 Å². The molecule has 1 aliphatic rings. The van der Waals surface area contributed by atoms with E-state index in [0.717, 1.165) is 27.8 Å². The number of nitrogens with one attached hydrogen (secondary N) is 1. The molecule has 1 aliphatic carbocycles. The fourth-order valence-corrected chi connectivity index (χ4v) is 3.83. The highest BCUT2D eigenvalue weighted by Gasteiger charge is 2.29. The van der Waals surface area contributed by atoms with Crippen molar-refractivity contribution in [3.05, 3.63) is 95.6 Å². The Hall–Kier alpha value is -3.60. The Kier molecular flexibility index (Phi) is 5.29. The number of amides is 1. The predicted octanol–water partition coefficient (Wildman–Crippen LogP) is 2.89. The number of aliphatic carboxylic acids is 1. The first-order valence-electron chi connectivity index (χ1n) is 9.50. The lowest BCUT2D eigenvalue weighted by atomic mass is 9.98. The van der Waals surface area contributed by atoms with Crippen LogP contribution in [0.4, 0.5) is 4.79 Å². The number of carbonyl (C=O) groups excluding carboxylic acids is 2. The number of benzene rings is 3. The standard InChI is InChI=1S/C24H21NO4/c26-23(27)22(14-16-8-2-1-3-9-16)25-24(28)29-15-21-19-12-6-4-10-17(19)18-11-5-7-13-20(18)21/h1-13,21-22H,14-15H2,(H,25,28)(H,26,27)/p-1. The molecule has 0 saturated carbocycles. The maximum Gasteiger partial charge on any atom is 0.407 e. The largest absolute Gasteiger partial charge is 0.548 e. The van der Waals surface area contributed by atoms with E-state index in [-0.39, 0.29) is 18.9 Å². The van der Waals surface area contributed by atoms with Crippen LogP contribution < -0.4 is 10.4 Å². The molecule has 146 valence electrons. The van der Waals surface area contributed by atoms with Crippen molar-refractivity contribution in [3.63, 3.8) is 0 Å². The first-order valence-corrected chi connectivity index (χ1v) is 9.50. The smallest absolute Gasteiger partial charge is 0.407 e. The number of fused-ring (bicyclic) bond motifs is 3. The molecule has 1 unspecified atom stereocenters. The van der Waals surface area contributed by atoms with Crippen molar-refractivity contribution < 1.29 is 19.4 Å². The van der Waals surface area contributed by atoms with Gasteiger partial charge in [0.25, 0.3) is 0 Å². The van der Waals surface area contributed by atoms with Crippen LogP contribution in [0.25, 0.3) is 11.1 Å². The van der Waals surface area contributed by atoms with E-state index < -0.39 is 18.1 Å². The molecule has 5 heteroatoms. The van der Waals surface area contributed by atoms with Gasteiger partial charge in [0, 0.05) is 5.92 Å². The Morgan fingerprint density at radius 2 is 1.41 bits per heavy atom. The fourth-order valence-electron chi connectivity index (χ4n) is 3.83. The van der Waals surface area contributed by atoms with Crippen LogP contribution >= 0.6 is 0 Å². The van der Waals surface area contributed by atoms with Crippen LogP contribution in [0.3, 0.4) is 0 Å². The van der Waals surface area contributed by atoms with Crippen LogP contribution in [-0.4, -0.2) is 24.7 Å². The molecule has 3 aromatic carbocycles. The maximum absolute atomic E-state index is 12.3. The minimum absolute atomic E-state index is 0.0799. The van der Waals surface area contributed by atoms with Crippen molar-refractivity contribution in [3.8, 4) is 11.1 Å². The second-order valence-corrected chi connectivity index (χ2v) is 7.03. The van der Waals surface area contributed by atoms with Crippen molar-refractivity contribution in [2.75, 3.05) is 6.61 Å². The number of hydrogen-bond donors (Lipinski definition) is 1. The number of hydrogen-bond acceptors (Lipinski definition) is 4. The molecule has 0 heterocycles. The Morgan fingerprint density at radius 1 is 0.862 bits per heavy atom. The van der Waals surface area contributed by atoms with Gasteiger partial charge in [0.05, 0.1) is 12.0 Å². The minimum Gasteiger partial charge on any atom is -0.548 e. The van der Waals surface area contributed by atoms with Gasteiger partial charge in [-0.15, -0.1) is 0 Å². The van der Waals surface area contributed by atoms with Gasteiger partial charge in [-0.2, -0.15) is 0 Å². The number of carbonyl (C=O) groups is 2.